The third kappa shape index (κ3) is 4.88. The van der Waals surface area contributed by atoms with Crippen LogP contribution in [0.15, 0.2) is 72.3 Å². The van der Waals surface area contributed by atoms with Crippen molar-refractivity contribution in [2.45, 2.75) is 20.3 Å². The number of aryl methyl sites for hydroxylation is 1. The standard InChI is InChI=1S/C27H23FN2O4/c1-3-34-24-16-19(9-10-20(24)13-18-5-4-6-21(28)14-18)15-23-25(31)29-27(33)30(26(23)32)22-11-7-17(2)8-12-22/h4-12,14-16H,3,13H2,1-2H3,(H,29,31,33)/b23-15+. The fraction of sp³-hybridized carbons (Fsp3) is 0.148. The van der Waals surface area contributed by atoms with Gasteiger partial charge in [-0.2, -0.15) is 0 Å². The minimum Gasteiger partial charge on any atom is -0.494 e. The third-order valence-corrected chi connectivity index (χ3v) is 5.38. The average Bonchev–Trinajstić information content (AvgIpc) is 2.79. The minimum absolute atomic E-state index is 0.166. The minimum atomic E-state index is -0.795. The van der Waals surface area contributed by atoms with Gasteiger partial charge in [-0.1, -0.05) is 42.0 Å². The fourth-order valence-corrected chi connectivity index (χ4v) is 3.72. The number of anilines is 1. The number of carbonyl (C=O) groups is 3. The van der Waals surface area contributed by atoms with Crippen molar-refractivity contribution in [2.75, 3.05) is 11.5 Å². The zero-order chi connectivity index (χ0) is 24.2. The normalized spacial score (nSPS) is 15.0. The number of imide groups is 2. The van der Waals surface area contributed by atoms with Crippen molar-refractivity contribution >= 4 is 29.6 Å². The van der Waals surface area contributed by atoms with Crippen molar-refractivity contribution in [3.05, 3.63) is 100 Å². The first kappa shape index (κ1) is 22.9. The number of urea groups is 1. The highest BCUT2D eigenvalue weighted by Crippen LogP contribution is 2.27. The molecule has 4 amide bonds. The van der Waals surface area contributed by atoms with E-state index in [-0.39, 0.29) is 11.4 Å². The van der Waals surface area contributed by atoms with Crippen LogP contribution in [-0.2, 0) is 16.0 Å². The molecule has 0 bridgehead atoms. The van der Waals surface area contributed by atoms with E-state index in [2.05, 4.69) is 5.32 Å². The lowest BCUT2D eigenvalue weighted by Crippen LogP contribution is -2.54. The molecular formula is C27H23FN2O4. The highest BCUT2D eigenvalue weighted by atomic mass is 19.1. The van der Waals surface area contributed by atoms with Crippen molar-refractivity contribution < 1.29 is 23.5 Å². The Morgan fingerprint density at radius 2 is 1.76 bits per heavy atom. The summed E-state index contributed by atoms with van der Waals surface area (Å²) < 4.78 is 19.3. The van der Waals surface area contributed by atoms with Crippen LogP contribution in [0.2, 0.25) is 0 Å². The summed E-state index contributed by atoms with van der Waals surface area (Å²) in [4.78, 5) is 38.9. The van der Waals surface area contributed by atoms with Gasteiger partial charge in [0.2, 0.25) is 0 Å². The molecule has 7 heteroatoms. The zero-order valence-corrected chi connectivity index (χ0v) is 18.8. The van der Waals surface area contributed by atoms with Gasteiger partial charge in [0.1, 0.15) is 17.1 Å². The first-order valence-electron chi connectivity index (χ1n) is 10.8. The summed E-state index contributed by atoms with van der Waals surface area (Å²) in [6, 6.07) is 17.7. The highest BCUT2D eigenvalue weighted by molar-refractivity contribution is 6.39. The molecule has 0 atom stereocenters. The molecule has 1 aliphatic heterocycles. The van der Waals surface area contributed by atoms with Crippen molar-refractivity contribution in [1.29, 1.82) is 0 Å². The summed E-state index contributed by atoms with van der Waals surface area (Å²) in [5.74, 6) is -1.22. The Kier molecular flexibility index (Phi) is 6.54. The van der Waals surface area contributed by atoms with E-state index in [4.69, 9.17) is 4.74 Å². The molecule has 1 heterocycles. The van der Waals surface area contributed by atoms with E-state index in [0.29, 0.717) is 30.0 Å². The Morgan fingerprint density at radius 3 is 2.47 bits per heavy atom. The lowest BCUT2D eigenvalue weighted by atomic mass is 10.0. The number of carbonyl (C=O) groups excluding carboxylic acids is 3. The molecule has 1 fully saturated rings. The maximum atomic E-state index is 13.6. The van der Waals surface area contributed by atoms with Gasteiger partial charge < -0.3 is 4.74 Å². The van der Waals surface area contributed by atoms with Gasteiger partial charge in [0.25, 0.3) is 11.8 Å². The first-order valence-corrected chi connectivity index (χ1v) is 10.8. The number of halogens is 1. The van der Waals surface area contributed by atoms with Gasteiger partial charge in [-0.3, -0.25) is 14.9 Å². The molecule has 1 aliphatic rings. The van der Waals surface area contributed by atoms with Crippen molar-refractivity contribution in [1.82, 2.24) is 5.32 Å². The SMILES string of the molecule is CCOc1cc(/C=C2\C(=O)NC(=O)N(c3ccc(C)cc3)C2=O)ccc1Cc1cccc(F)c1. The topological polar surface area (TPSA) is 75.7 Å². The Bertz CT molecular complexity index is 1300. The van der Waals surface area contributed by atoms with Crippen LogP contribution in [0.5, 0.6) is 5.75 Å². The van der Waals surface area contributed by atoms with Crippen molar-refractivity contribution in [3.63, 3.8) is 0 Å². The number of nitrogens with zero attached hydrogens (tertiary/aromatic N) is 1. The van der Waals surface area contributed by atoms with Crippen molar-refractivity contribution in [2.24, 2.45) is 0 Å². The lowest BCUT2D eigenvalue weighted by Gasteiger charge is -2.26. The fourth-order valence-electron chi connectivity index (χ4n) is 3.72. The molecule has 4 rings (SSSR count). The number of hydrogen-bond donors (Lipinski definition) is 1. The summed E-state index contributed by atoms with van der Waals surface area (Å²) in [5.41, 5.74) is 3.37. The summed E-state index contributed by atoms with van der Waals surface area (Å²) >= 11 is 0. The van der Waals surface area contributed by atoms with Gasteiger partial charge in [0, 0.05) is 6.42 Å². The second-order valence-corrected chi connectivity index (χ2v) is 7.90. The molecule has 6 nitrogen and oxygen atoms in total. The molecule has 0 aromatic heterocycles. The third-order valence-electron chi connectivity index (χ3n) is 5.38. The van der Waals surface area contributed by atoms with Crippen LogP contribution >= 0.6 is 0 Å². The Morgan fingerprint density at radius 1 is 1.00 bits per heavy atom. The van der Waals surface area contributed by atoms with E-state index in [0.717, 1.165) is 21.6 Å². The van der Waals surface area contributed by atoms with Gasteiger partial charge in [-0.15, -0.1) is 0 Å². The van der Waals surface area contributed by atoms with Gasteiger partial charge in [-0.05, 0) is 66.9 Å². The maximum Gasteiger partial charge on any atom is 0.335 e. The Hall–Kier alpha value is -4.26. The van der Waals surface area contributed by atoms with Crippen molar-refractivity contribution in [3.8, 4) is 5.75 Å². The van der Waals surface area contributed by atoms with Gasteiger partial charge >= 0.3 is 6.03 Å². The Labute approximate surface area is 196 Å². The van der Waals surface area contributed by atoms with Gasteiger partial charge in [0.15, 0.2) is 0 Å². The highest BCUT2D eigenvalue weighted by Gasteiger charge is 2.36. The molecule has 0 saturated carbocycles. The molecule has 0 spiro atoms. The zero-order valence-electron chi connectivity index (χ0n) is 18.8. The first-order chi connectivity index (χ1) is 16.4. The van der Waals surface area contributed by atoms with Crippen LogP contribution in [0.25, 0.3) is 6.08 Å². The van der Waals surface area contributed by atoms with E-state index in [1.54, 1.807) is 42.5 Å². The molecular weight excluding hydrogens is 435 g/mol. The second kappa shape index (κ2) is 9.70. The molecule has 0 aliphatic carbocycles. The van der Waals surface area contributed by atoms with E-state index in [1.165, 1.54) is 18.2 Å². The maximum absolute atomic E-state index is 13.6. The molecule has 3 aromatic rings. The number of ether oxygens (including phenoxy) is 1. The second-order valence-electron chi connectivity index (χ2n) is 7.90. The molecule has 172 valence electrons. The van der Waals surface area contributed by atoms with Crippen LogP contribution in [-0.4, -0.2) is 24.5 Å². The van der Waals surface area contributed by atoms with Gasteiger partial charge in [0.05, 0.1) is 12.3 Å². The molecule has 1 N–H and O–H groups in total. The van der Waals surface area contributed by atoms with E-state index < -0.39 is 17.8 Å². The number of benzene rings is 3. The summed E-state index contributed by atoms with van der Waals surface area (Å²) in [7, 11) is 0. The number of nitrogens with one attached hydrogen (secondary N) is 1. The predicted octanol–water partition coefficient (Wildman–Crippen LogP) is 4.79. The number of amides is 4. The predicted molar refractivity (Wildman–Crippen MR) is 127 cm³/mol. The lowest BCUT2D eigenvalue weighted by molar-refractivity contribution is -0.122. The van der Waals surface area contributed by atoms with E-state index in [1.807, 2.05) is 26.0 Å². The van der Waals surface area contributed by atoms with Crippen LogP contribution < -0.4 is 15.0 Å². The molecule has 1 saturated heterocycles. The molecule has 0 radical (unpaired) electrons. The average molecular weight is 458 g/mol. The van der Waals surface area contributed by atoms with E-state index >= 15 is 0 Å². The number of rotatable bonds is 6. The number of hydrogen-bond acceptors (Lipinski definition) is 4. The van der Waals surface area contributed by atoms with Crippen LogP contribution in [0.4, 0.5) is 14.9 Å². The molecule has 34 heavy (non-hydrogen) atoms. The smallest absolute Gasteiger partial charge is 0.335 e. The monoisotopic (exact) mass is 458 g/mol. The largest absolute Gasteiger partial charge is 0.494 e. The quantitative estimate of drug-likeness (QED) is 0.426. The van der Waals surface area contributed by atoms with Crippen LogP contribution in [0.1, 0.15) is 29.2 Å². The van der Waals surface area contributed by atoms with Crippen LogP contribution in [0, 0.1) is 12.7 Å². The summed E-state index contributed by atoms with van der Waals surface area (Å²) in [5, 5.41) is 2.22. The molecule has 3 aromatic carbocycles. The van der Waals surface area contributed by atoms with Gasteiger partial charge in [-0.25, -0.2) is 14.1 Å². The summed E-state index contributed by atoms with van der Waals surface area (Å²) in [6.07, 6.45) is 1.89. The van der Waals surface area contributed by atoms with E-state index in [9.17, 15) is 18.8 Å². The molecule has 0 unspecified atom stereocenters. The Balaban J connectivity index is 1.66. The summed E-state index contributed by atoms with van der Waals surface area (Å²) in [6.45, 7) is 4.15. The van der Waals surface area contributed by atoms with Crippen LogP contribution in [0.3, 0.4) is 0 Å². The number of barbiturate groups is 1.